The minimum atomic E-state index is -0.660. The van der Waals surface area contributed by atoms with E-state index in [0.717, 1.165) is 24.8 Å². The van der Waals surface area contributed by atoms with Crippen LogP contribution >= 0.6 is 0 Å². The third-order valence-corrected chi connectivity index (χ3v) is 3.49. The zero-order valence-corrected chi connectivity index (χ0v) is 10.2. The van der Waals surface area contributed by atoms with Gasteiger partial charge in [-0.15, -0.1) is 0 Å². The fourth-order valence-corrected chi connectivity index (χ4v) is 2.63. The standard InChI is InChI=1S/C13H20N2O2/c1-17-11-3-2-5-13(16,9-11)8-10-4-6-15-12(14)7-10/h4,6-7,11,16H,2-3,5,8-9H2,1H3,(H2,14,15). The summed E-state index contributed by atoms with van der Waals surface area (Å²) in [6, 6.07) is 3.74. The molecule has 2 atom stereocenters. The maximum atomic E-state index is 10.6. The summed E-state index contributed by atoms with van der Waals surface area (Å²) in [5, 5.41) is 10.6. The molecule has 4 heteroatoms. The van der Waals surface area contributed by atoms with Gasteiger partial charge in [0, 0.05) is 26.1 Å². The second-order valence-corrected chi connectivity index (χ2v) is 4.94. The molecule has 1 saturated carbocycles. The molecule has 0 amide bonds. The first-order chi connectivity index (χ1) is 8.11. The zero-order valence-electron chi connectivity index (χ0n) is 10.2. The van der Waals surface area contributed by atoms with Crippen molar-refractivity contribution in [3.63, 3.8) is 0 Å². The Bertz CT molecular complexity index is 383. The second-order valence-electron chi connectivity index (χ2n) is 4.94. The first-order valence-corrected chi connectivity index (χ1v) is 6.07. The Morgan fingerprint density at radius 2 is 2.47 bits per heavy atom. The topological polar surface area (TPSA) is 68.4 Å². The molecule has 2 unspecified atom stereocenters. The lowest BCUT2D eigenvalue weighted by molar-refractivity contribution is -0.0581. The summed E-state index contributed by atoms with van der Waals surface area (Å²) in [7, 11) is 1.71. The Balaban J connectivity index is 2.06. The van der Waals surface area contributed by atoms with Crippen LogP contribution in [0, 0.1) is 0 Å². The van der Waals surface area contributed by atoms with E-state index in [2.05, 4.69) is 4.98 Å². The van der Waals surface area contributed by atoms with Crippen molar-refractivity contribution in [3.05, 3.63) is 23.9 Å². The van der Waals surface area contributed by atoms with Crippen molar-refractivity contribution in [3.8, 4) is 0 Å². The van der Waals surface area contributed by atoms with E-state index in [9.17, 15) is 5.11 Å². The Kier molecular flexibility index (Phi) is 3.64. The summed E-state index contributed by atoms with van der Waals surface area (Å²) in [5.41, 5.74) is 6.02. The van der Waals surface area contributed by atoms with Crippen LogP contribution in [0.1, 0.15) is 31.2 Å². The van der Waals surface area contributed by atoms with Crippen LogP contribution in [-0.4, -0.2) is 28.9 Å². The Labute approximate surface area is 102 Å². The van der Waals surface area contributed by atoms with Crippen LogP contribution in [0.25, 0.3) is 0 Å². The van der Waals surface area contributed by atoms with Gasteiger partial charge in [0.25, 0.3) is 0 Å². The third-order valence-electron chi connectivity index (χ3n) is 3.49. The lowest BCUT2D eigenvalue weighted by Gasteiger charge is -2.36. The molecule has 1 aliphatic rings. The minimum absolute atomic E-state index is 0.174. The van der Waals surface area contributed by atoms with E-state index >= 15 is 0 Å². The number of pyridine rings is 1. The van der Waals surface area contributed by atoms with Crippen LogP contribution in [0.2, 0.25) is 0 Å². The fourth-order valence-electron chi connectivity index (χ4n) is 2.63. The number of ether oxygens (including phenoxy) is 1. The number of rotatable bonds is 3. The monoisotopic (exact) mass is 236 g/mol. The van der Waals surface area contributed by atoms with Gasteiger partial charge < -0.3 is 15.6 Å². The van der Waals surface area contributed by atoms with Gasteiger partial charge in [-0.25, -0.2) is 4.98 Å². The van der Waals surface area contributed by atoms with Crippen molar-refractivity contribution in [2.45, 2.75) is 43.8 Å². The Morgan fingerprint density at radius 3 is 3.18 bits per heavy atom. The Morgan fingerprint density at radius 1 is 1.65 bits per heavy atom. The number of aromatic nitrogens is 1. The minimum Gasteiger partial charge on any atom is -0.389 e. The molecule has 3 N–H and O–H groups in total. The summed E-state index contributed by atoms with van der Waals surface area (Å²) in [4.78, 5) is 3.96. The van der Waals surface area contributed by atoms with Crippen LogP contribution in [0.3, 0.4) is 0 Å². The SMILES string of the molecule is COC1CCCC(O)(Cc2ccnc(N)c2)C1. The first-order valence-electron chi connectivity index (χ1n) is 6.07. The van der Waals surface area contributed by atoms with E-state index in [0.29, 0.717) is 18.7 Å². The molecule has 1 heterocycles. The first kappa shape index (κ1) is 12.3. The van der Waals surface area contributed by atoms with Gasteiger partial charge in [0.1, 0.15) is 5.82 Å². The predicted molar refractivity (Wildman–Crippen MR) is 66.6 cm³/mol. The quantitative estimate of drug-likeness (QED) is 0.835. The highest BCUT2D eigenvalue weighted by Crippen LogP contribution is 2.32. The molecule has 0 aliphatic heterocycles. The van der Waals surface area contributed by atoms with E-state index < -0.39 is 5.60 Å². The number of nitrogens with two attached hydrogens (primary N) is 1. The van der Waals surface area contributed by atoms with Crippen molar-refractivity contribution >= 4 is 5.82 Å². The highest BCUT2D eigenvalue weighted by Gasteiger charge is 2.34. The maximum Gasteiger partial charge on any atom is 0.123 e. The average molecular weight is 236 g/mol. The summed E-state index contributed by atoms with van der Waals surface area (Å²) in [6.07, 6.45) is 6.06. The number of anilines is 1. The van der Waals surface area contributed by atoms with Gasteiger partial charge in [0.15, 0.2) is 0 Å². The van der Waals surface area contributed by atoms with Crippen LogP contribution in [0.15, 0.2) is 18.3 Å². The van der Waals surface area contributed by atoms with Gasteiger partial charge in [-0.1, -0.05) is 0 Å². The van der Waals surface area contributed by atoms with E-state index in [1.165, 1.54) is 0 Å². The lowest BCUT2D eigenvalue weighted by atomic mass is 9.79. The molecule has 0 bridgehead atoms. The number of methoxy groups -OCH3 is 1. The van der Waals surface area contributed by atoms with Gasteiger partial charge in [-0.05, 0) is 37.0 Å². The summed E-state index contributed by atoms with van der Waals surface area (Å²) in [6.45, 7) is 0. The van der Waals surface area contributed by atoms with Crippen LogP contribution in [0.4, 0.5) is 5.82 Å². The maximum absolute atomic E-state index is 10.6. The largest absolute Gasteiger partial charge is 0.389 e. The number of nitrogens with zero attached hydrogens (tertiary/aromatic N) is 1. The highest BCUT2D eigenvalue weighted by molar-refractivity contribution is 5.32. The van der Waals surface area contributed by atoms with Gasteiger partial charge >= 0.3 is 0 Å². The molecule has 2 rings (SSSR count). The molecule has 1 aromatic heterocycles. The van der Waals surface area contributed by atoms with Gasteiger partial charge in [0.2, 0.25) is 0 Å². The van der Waals surface area contributed by atoms with Crippen molar-refractivity contribution in [1.29, 1.82) is 0 Å². The molecule has 4 nitrogen and oxygen atoms in total. The van der Waals surface area contributed by atoms with E-state index in [1.54, 1.807) is 13.3 Å². The molecule has 0 spiro atoms. The molecular weight excluding hydrogens is 216 g/mol. The molecule has 1 aliphatic carbocycles. The molecule has 1 fully saturated rings. The molecular formula is C13H20N2O2. The molecule has 0 radical (unpaired) electrons. The number of aliphatic hydroxyl groups is 1. The number of nitrogen functional groups attached to an aromatic ring is 1. The molecule has 1 aromatic rings. The predicted octanol–water partition coefficient (Wildman–Crippen LogP) is 1.53. The van der Waals surface area contributed by atoms with Crippen molar-refractivity contribution in [2.75, 3.05) is 12.8 Å². The van der Waals surface area contributed by atoms with E-state index in [-0.39, 0.29) is 6.10 Å². The molecule has 0 aromatic carbocycles. The molecule has 0 saturated heterocycles. The van der Waals surface area contributed by atoms with Gasteiger partial charge in [-0.3, -0.25) is 0 Å². The van der Waals surface area contributed by atoms with Crippen molar-refractivity contribution in [2.24, 2.45) is 0 Å². The zero-order chi connectivity index (χ0) is 12.3. The van der Waals surface area contributed by atoms with Crippen LogP contribution in [0.5, 0.6) is 0 Å². The molecule has 94 valence electrons. The number of hydrogen-bond donors (Lipinski definition) is 2. The van der Waals surface area contributed by atoms with E-state index in [4.69, 9.17) is 10.5 Å². The van der Waals surface area contributed by atoms with Crippen molar-refractivity contribution in [1.82, 2.24) is 4.98 Å². The Hall–Kier alpha value is -1.13. The van der Waals surface area contributed by atoms with Gasteiger partial charge in [0.05, 0.1) is 11.7 Å². The van der Waals surface area contributed by atoms with Gasteiger partial charge in [-0.2, -0.15) is 0 Å². The molecule has 17 heavy (non-hydrogen) atoms. The van der Waals surface area contributed by atoms with Crippen LogP contribution < -0.4 is 5.73 Å². The lowest BCUT2D eigenvalue weighted by Crippen LogP contribution is -2.40. The summed E-state index contributed by atoms with van der Waals surface area (Å²) < 4.78 is 5.35. The smallest absolute Gasteiger partial charge is 0.123 e. The highest BCUT2D eigenvalue weighted by atomic mass is 16.5. The average Bonchev–Trinajstić information content (AvgIpc) is 2.28. The fraction of sp³-hybridized carbons (Fsp3) is 0.615. The second kappa shape index (κ2) is 5.02. The summed E-state index contributed by atoms with van der Waals surface area (Å²) >= 11 is 0. The van der Waals surface area contributed by atoms with E-state index in [1.807, 2.05) is 12.1 Å². The summed E-state index contributed by atoms with van der Waals surface area (Å²) in [5.74, 6) is 0.505. The van der Waals surface area contributed by atoms with Crippen LogP contribution in [-0.2, 0) is 11.2 Å². The normalized spacial score (nSPS) is 29.2. The number of hydrogen-bond acceptors (Lipinski definition) is 4. The van der Waals surface area contributed by atoms with Crippen molar-refractivity contribution < 1.29 is 9.84 Å². The third kappa shape index (κ3) is 3.17.